The highest BCUT2D eigenvalue weighted by atomic mass is 32.2. The lowest BCUT2D eigenvalue weighted by Crippen LogP contribution is -2.51. The highest BCUT2D eigenvalue weighted by molar-refractivity contribution is 7.91. The molecule has 2 amide bonds. The molecule has 0 bridgehead atoms. The molecule has 3 rings (SSSR count). The Kier molecular flexibility index (Phi) is 4.88. The number of rotatable bonds is 3. The van der Waals surface area contributed by atoms with Crippen LogP contribution in [0.25, 0.3) is 0 Å². The van der Waals surface area contributed by atoms with Crippen molar-refractivity contribution in [1.29, 1.82) is 0 Å². The minimum atomic E-state index is -3.04. The molecule has 3 fully saturated rings. The molecule has 4 atom stereocenters. The molecule has 4 unspecified atom stereocenters. The van der Waals surface area contributed by atoms with Gasteiger partial charge >= 0.3 is 0 Å². The van der Waals surface area contributed by atoms with Gasteiger partial charge in [0.1, 0.15) is 0 Å². The van der Waals surface area contributed by atoms with Crippen LogP contribution < -0.4 is 5.73 Å². The first-order valence-electron chi connectivity index (χ1n) is 8.81. The van der Waals surface area contributed by atoms with E-state index in [4.69, 9.17) is 5.73 Å². The summed E-state index contributed by atoms with van der Waals surface area (Å²) in [5.74, 6) is 0.293. The second kappa shape index (κ2) is 6.63. The highest BCUT2D eigenvalue weighted by Crippen LogP contribution is 2.30. The molecule has 0 spiro atoms. The summed E-state index contributed by atoms with van der Waals surface area (Å²) in [6, 6.07) is -0.204. The fraction of sp³-hybridized carbons (Fsp3) is 0.875. The molecule has 0 aromatic heterocycles. The average molecular weight is 357 g/mol. The van der Waals surface area contributed by atoms with Crippen molar-refractivity contribution in [1.82, 2.24) is 9.80 Å². The lowest BCUT2D eigenvalue weighted by Gasteiger charge is -2.39. The highest BCUT2D eigenvalue weighted by Gasteiger charge is 2.44. The predicted molar refractivity (Wildman–Crippen MR) is 89.8 cm³/mol. The first-order valence-corrected chi connectivity index (χ1v) is 10.6. The topological polar surface area (TPSA) is 101 Å². The number of nitrogens with zero attached hydrogens (tertiary/aromatic N) is 2. The number of nitrogens with two attached hydrogens (primary N) is 1. The molecule has 3 aliphatic heterocycles. The van der Waals surface area contributed by atoms with Crippen LogP contribution in [0.5, 0.6) is 0 Å². The van der Waals surface area contributed by atoms with Gasteiger partial charge in [0.2, 0.25) is 11.8 Å². The van der Waals surface area contributed by atoms with Crippen LogP contribution in [0.4, 0.5) is 0 Å². The number of sulfone groups is 1. The van der Waals surface area contributed by atoms with Crippen LogP contribution in [0.3, 0.4) is 0 Å². The zero-order valence-corrected chi connectivity index (χ0v) is 15.0. The normalized spacial score (nSPS) is 36.3. The third-order valence-corrected chi connectivity index (χ3v) is 7.44. The summed E-state index contributed by atoms with van der Waals surface area (Å²) in [6.07, 6.45) is 2.56. The summed E-state index contributed by atoms with van der Waals surface area (Å²) in [5.41, 5.74) is 5.84. The van der Waals surface area contributed by atoms with Gasteiger partial charge in [-0.2, -0.15) is 0 Å². The molecule has 3 heterocycles. The van der Waals surface area contributed by atoms with Gasteiger partial charge < -0.3 is 15.5 Å². The average Bonchev–Trinajstić information content (AvgIpc) is 3.08. The van der Waals surface area contributed by atoms with Crippen molar-refractivity contribution in [2.45, 2.75) is 44.7 Å². The molecule has 7 nitrogen and oxygen atoms in total. The van der Waals surface area contributed by atoms with E-state index < -0.39 is 9.84 Å². The van der Waals surface area contributed by atoms with Crippen LogP contribution in [0.1, 0.15) is 32.6 Å². The number of piperidine rings is 1. The zero-order valence-electron chi connectivity index (χ0n) is 14.2. The van der Waals surface area contributed by atoms with E-state index in [-0.39, 0.29) is 47.7 Å². The zero-order chi connectivity index (χ0) is 17.5. The third-order valence-electron chi connectivity index (χ3n) is 5.69. The van der Waals surface area contributed by atoms with Crippen LogP contribution in [-0.4, -0.2) is 73.3 Å². The minimum absolute atomic E-state index is 0.00838. The molecule has 2 N–H and O–H groups in total. The van der Waals surface area contributed by atoms with Gasteiger partial charge in [-0.3, -0.25) is 9.59 Å². The van der Waals surface area contributed by atoms with Crippen LogP contribution >= 0.6 is 0 Å². The fourth-order valence-electron chi connectivity index (χ4n) is 4.27. The molecule has 8 heteroatoms. The van der Waals surface area contributed by atoms with E-state index in [0.717, 1.165) is 12.8 Å². The van der Waals surface area contributed by atoms with Gasteiger partial charge in [-0.15, -0.1) is 0 Å². The van der Waals surface area contributed by atoms with E-state index in [1.54, 1.807) is 4.90 Å². The molecule has 24 heavy (non-hydrogen) atoms. The largest absolute Gasteiger partial charge is 0.338 e. The Morgan fingerprint density at radius 1 is 1.33 bits per heavy atom. The summed E-state index contributed by atoms with van der Waals surface area (Å²) in [5, 5.41) is 0. The summed E-state index contributed by atoms with van der Waals surface area (Å²) in [4.78, 5) is 28.7. The third kappa shape index (κ3) is 3.44. The van der Waals surface area contributed by atoms with Crippen molar-refractivity contribution in [2.75, 3.05) is 31.1 Å². The van der Waals surface area contributed by atoms with Crippen molar-refractivity contribution < 1.29 is 18.0 Å². The van der Waals surface area contributed by atoms with E-state index in [1.165, 1.54) is 0 Å². The standard InChI is InChI=1S/C16H27N3O4S/c1-11-2-4-18(14(6-11)8-17)16(21)12-7-15(20)19(9-12)13-3-5-24(22,23)10-13/h11-14H,2-10,17H2,1H3. The van der Waals surface area contributed by atoms with Crippen molar-refractivity contribution in [2.24, 2.45) is 17.6 Å². The van der Waals surface area contributed by atoms with E-state index in [0.29, 0.717) is 32.0 Å². The molecule has 3 saturated heterocycles. The maximum atomic E-state index is 12.9. The number of likely N-dealkylation sites (tertiary alicyclic amines) is 2. The molecule has 3 aliphatic rings. The van der Waals surface area contributed by atoms with Gasteiger partial charge in [-0.1, -0.05) is 6.92 Å². The van der Waals surface area contributed by atoms with Crippen LogP contribution in [0.2, 0.25) is 0 Å². The Bertz CT molecular complexity index is 621. The van der Waals surface area contributed by atoms with Crippen molar-refractivity contribution in [3.8, 4) is 0 Å². The van der Waals surface area contributed by atoms with E-state index in [9.17, 15) is 18.0 Å². The van der Waals surface area contributed by atoms with Crippen LogP contribution in [-0.2, 0) is 19.4 Å². The number of amides is 2. The molecule has 0 saturated carbocycles. The van der Waals surface area contributed by atoms with Gasteiger partial charge in [0, 0.05) is 38.1 Å². The van der Waals surface area contributed by atoms with Crippen molar-refractivity contribution >= 4 is 21.7 Å². The molecular weight excluding hydrogens is 330 g/mol. The first kappa shape index (κ1) is 17.7. The lowest BCUT2D eigenvalue weighted by atomic mass is 9.91. The SMILES string of the molecule is CC1CCN(C(=O)C2CC(=O)N(C3CCS(=O)(=O)C3)C2)C(CN)C1. The Balaban J connectivity index is 1.66. The Morgan fingerprint density at radius 2 is 2.08 bits per heavy atom. The van der Waals surface area contributed by atoms with E-state index in [1.807, 2.05) is 4.90 Å². The number of carbonyl (C=O) groups excluding carboxylic acids is 2. The molecule has 136 valence electrons. The Hall–Kier alpha value is -1.15. The summed E-state index contributed by atoms with van der Waals surface area (Å²) in [7, 11) is -3.04. The smallest absolute Gasteiger partial charge is 0.228 e. The van der Waals surface area contributed by atoms with Gasteiger partial charge in [0.05, 0.1) is 17.4 Å². The van der Waals surface area contributed by atoms with Crippen molar-refractivity contribution in [3.05, 3.63) is 0 Å². The van der Waals surface area contributed by atoms with Gasteiger partial charge in [0.15, 0.2) is 9.84 Å². The second-order valence-electron chi connectivity index (χ2n) is 7.55. The molecule has 0 radical (unpaired) electrons. The summed E-state index contributed by atoms with van der Waals surface area (Å²) >= 11 is 0. The van der Waals surface area contributed by atoms with E-state index >= 15 is 0 Å². The maximum absolute atomic E-state index is 12.9. The lowest BCUT2D eigenvalue weighted by molar-refractivity contribution is -0.139. The van der Waals surface area contributed by atoms with Gasteiger partial charge in [-0.25, -0.2) is 8.42 Å². The van der Waals surface area contributed by atoms with Crippen molar-refractivity contribution in [3.63, 3.8) is 0 Å². The van der Waals surface area contributed by atoms with E-state index in [2.05, 4.69) is 6.92 Å². The number of hydrogen-bond acceptors (Lipinski definition) is 5. The van der Waals surface area contributed by atoms with Gasteiger partial charge in [0.25, 0.3) is 0 Å². The Labute approximate surface area is 143 Å². The molecule has 0 aromatic rings. The predicted octanol–water partition coefficient (Wildman–Crippen LogP) is -0.392. The maximum Gasteiger partial charge on any atom is 0.228 e. The monoisotopic (exact) mass is 357 g/mol. The molecule has 0 aromatic carbocycles. The summed E-state index contributed by atoms with van der Waals surface area (Å²) in [6.45, 7) is 3.67. The minimum Gasteiger partial charge on any atom is -0.338 e. The number of carbonyl (C=O) groups is 2. The second-order valence-corrected chi connectivity index (χ2v) is 9.78. The fourth-order valence-corrected chi connectivity index (χ4v) is 6.00. The van der Waals surface area contributed by atoms with Crippen LogP contribution in [0.15, 0.2) is 0 Å². The molecule has 0 aliphatic carbocycles. The molecular formula is C16H27N3O4S. The van der Waals surface area contributed by atoms with Crippen LogP contribution in [0, 0.1) is 11.8 Å². The quantitative estimate of drug-likeness (QED) is 0.741. The first-order chi connectivity index (χ1) is 11.3. The van der Waals surface area contributed by atoms with Gasteiger partial charge in [-0.05, 0) is 25.2 Å². The number of hydrogen-bond donors (Lipinski definition) is 1. The Morgan fingerprint density at radius 3 is 2.71 bits per heavy atom. The summed E-state index contributed by atoms with van der Waals surface area (Å²) < 4.78 is 23.3.